The van der Waals surface area contributed by atoms with Crippen LogP contribution in [0.4, 0.5) is 20.6 Å². The minimum absolute atomic E-state index is 0.0867. The molecule has 0 heterocycles. The molecule has 2 aromatic carbocycles. The summed E-state index contributed by atoms with van der Waals surface area (Å²) in [5.74, 6) is -1.14. The number of halogens is 1. The molecule has 2 aromatic rings. The molecule has 3 amide bonds. The topological polar surface area (TPSA) is 96.5 Å². The highest BCUT2D eigenvalue weighted by molar-refractivity contribution is 6.00. The molecule has 0 aliphatic heterocycles. The van der Waals surface area contributed by atoms with Crippen LogP contribution >= 0.6 is 0 Å². The molecule has 3 N–H and O–H groups in total. The fourth-order valence-electron chi connectivity index (χ4n) is 2.52. The second-order valence-corrected chi connectivity index (χ2v) is 7.59. The number of carbonyl (C=O) groups is 3. The maximum atomic E-state index is 13.7. The van der Waals surface area contributed by atoms with Crippen molar-refractivity contribution in [3.8, 4) is 0 Å². The first-order valence-electron chi connectivity index (χ1n) is 9.53. The molecule has 0 aliphatic rings. The van der Waals surface area contributed by atoms with Crippen LogP contribution in [-0.2, 0) is 20.7 Å². The molecule has 0 spiro atoms. The van der Waals surface area contributed by atoms with Gasteiger partial charge in [0.1, 0.15) is 18.0 Å². The summed E-state index contributed by atoms with van der Waals surface area (Å²) < 4.78 is 18.7. The normalized spacial score (nSPS) is 10.8. The van der Waals surface area contributed by atoms with Crippen LogP contribution in [0.3, 0.4) is 0 Å². The first kappa shape index (κ1) is 22.9. The Morgan fingerprint density at radius 2 is 1.47 bits per heavy atom. The van der Waals surface area contributed by atoms with Crippen molar-refractivity contribution in [2.24, 2.45) is 0 Å². The van der Waals surface area contributed by atoms with Crippen molar-refractivity contribution in [3.63, 3.8) is 0 Å². The first-order valence-corrected chi connectivity index (χ1v) is 9.53. The lowest BCUT2D eigenvalue weighted by atomic mass is 10.1. The van der Waals surface area contributed by atoms with E-state index in [0.717, 1.165) is 0 Å². The molecule has 0 saturated carbocycles. The van der Waals surface area contributed by atoms with Gasteiger partial charge >= 0.3 is 6.09 Å². The van der Waals surface area contributed by atoms with E-state index in [1.165, 1.54) is 6.07 Å². The average molecular weight is 415 g/mol. The molecule has 0 radical (unpaired) electrons. The molecule has 7 nitrogen and oxygen atoms in total. The monoisotopic (exact) mass is 415 g/mol. The number of hydrogen-bond donors (Lipinski definition) is 3. The summed E-state index contributed by atoms with van der Waals surface area (Å²) in [6.45, 7) is 4.87. The number of hydrogen-bond acceptors (Lipinski definition) is 4. The highest BCUT2D eigenvalue weighted by Crippen LogP contribution is 2.21. The van der Waals surface area contributed by atoms with Crippen LogP contribution in [0.25, 0.3) is 0 Å². The minimum Gasteiger partial charge on any atom is -0.444 e. The molecule has 0 aliphatic carbocycles. The maximum Gasteiger partial charge on any atom is 0.408 e. The summed E-state index contributed by atoms with van der Waals surface area (Å²) in [6.07, 6.45) is -0.358. The number of nitrogens with one attached hydrogen (secondary N) is 3. The third-order valence-corrected chi connectivity index (χ3v) is 3.85. The van der Waals surface area contributed by atoms with Crippen LogP contribution < -0.4 is 16.0 Å². The molecule has 2 rings (SSSR count). The zero-order chi connectivity index (χ0) is 22.1. The quantitative estimate of drug-likeness (QED) is 0.640. The van der Waals surface area contributed by atoms with E-state index in [9.17, 15) is 18.8 Å². The standard InChI is InChI=1S/C22H26FN3O4/c1-22(2,3)30-21(29)24-14-20(28)26-18-11-7-6-10-17(18)25-19(27)13-12-15-8-4-5-9-16(15)23/h4-11H,12-14H2,1-3H3,(H,24,29)(H,25,27)(H,26,28). The van der Waals surface area contributed by atoms with E-state index in [0.29, 0.717) is 16.9 Å². The van der Waals surface area contributed by atoms with E-state index in [4.69, 9.17) is 4.74 Å². The Morgan fingerprint density at radius 3 is 2.07 bits per heavy atom. The summed E-state index contributed by atoms with van der Waals surface area (Å²) in [6, 6.07) is 13.0. The molecule has 0 saturated heterocycles. The lowest BCUT2D eigenvalue weighted by molar-refractivity contribution is -0.116. The molecule has 0 fully saturated rings. The number of rotatable bonds is 7. The first-order chi connectivity index (χ1) is 14.1. The lowest BCUT2D eigenvalue weighted by Crippen LogP contribution is -2.37. The predicted molar refractivity (Wildman–Crippen MR) is 113 cm³/mol. The fourth-order valence-corrected chi connectivity index (χ4v) is 2.52. The fraction of sp³-hybridized carbons (Fsp3) is 0.318. The van der Waals surface area contributed by atoms with Crippen molar-refractivity contribution in [2.75, 3.05) is 17.2 Å². The van der Waals surface area contributed by atoms with Crippen molar-refractivity contribution in [1.29, 1.82) is 0 Å². The number of carbonyl (C=O) groups excluding carboxylic acids is 3. The van der Waals surface area contributed by atoms with E-state index in [1.54, 1.807) is 63.2 Å². The van der Waals surface area contributed by atoms with E-state index >= 15 is 0 Å². The number of para-hydroxylation sites is 2. The van der Waals surface area contributed by atoms with Gasteiger partial charge < -0.3 is 20.7 Å². The van der Waals surface area contributed by atoms with Gasteiger partial charge in [-0.25, -0.2) is 9.18 Å². The zero-order valence-electron chi connectivity index (χ0n) is 17.3. The second-order valence-electron chi connectivity index (χ2n) is 7.59. The number of ether oxygens (including phenoxy) is 1. The van der Waals surface area contributed by atoms with Gasteiger partial charge in [-0.2, -0.15) is 0 Å². The van der Waals surface area contributed by atoms with E-state index in [-0.39, 0.29) is 31.1 Å². The van der Waals surface area contributed by atoms with Crippen LogP contribution in [0.1, 0.15) is 32.8 Å². The molecular formula is C22H26FN3O4. The molecule has 0 aromatic heterocycles. The van der Waals surface area contributed by atoms with Crippen LogP contribution in [0.2, 0.25) is 0 Å². The van der Waals surface area contributed by atoms with Gasteiger partial charge in [-0.1, -0.05) is 30.3 Å². The Balaban J connectivity index is 1.89. The number of alkyl carbamates (subject to hydrolysis) is 1. The Morgan fingerprint density at radius 1 is 0.900 bits per heavy atom. The van der Waals surface area contributed by atoms with Crippen LogP contribution in [0.5, 0.6) is 0 Å². The number of benzene rings is 2. The van der Waals surface area contributed by atoms with Gasteiger partial charge in [-0.15, -0.1) is 0 Å². The molecule has 0 atom stereocenters. The van der Waals surface area contributed by atoms with Gasteiger partial charge in [0, 0.05) is 6.42 Å². The van der Waals surface area contributed by atoms with Gasteiger partial charge in [-0.3, -0.25) is 9.59 Å². The van der Waals surface area contributed by atoms with Gasteiger partial charge in [-0.05, 0) is 51.0 Å². The molecule has 0 unspecified atom stereocenters. The van der Waals surface area contributed by atoms with Crippen molar-refractivity contribution >= 4 is 29.3 Å². The average Bonchev–Trinajstić information content (AvgIpc) is 2.66. The van der Waals surface area contributed by atoms with Crippen molar-refractivity contribution < 1.29 is 23.5 Å². The Bertz CT molecular complexity index is 909. The largest absolute Gasteiger partial charge is 0.444 e. The predicted octanol–water partition coefficient (Wildman–Crippen LogP) is 3.86. The molecular weight excluding hydrogens is 389 g/mol. The minimum atomic E-state index is -0.701. The van der Waals surface area contributed by atoms with Crippen molar-refractivity contribution in [3.05, 3.63) is 59.9 Å². The SMILES string of the molecule is CC(C)(C)OC(=O)NCC(=O)Nc1ccccc1NC(=O)CCc1ccccc1F. The molecule has 160 valence electrons. The number of anilines is 2. The third-order valence-electron chi connectivity index (χ3n) is 3.85. The molecule has 30 heavy (non-hydrogen) atoms. The van der Waals surface area contributed by atoms with E-state index < -0.39 is 17.6 Å². The summed E-state index contributed by atoms with van der Waals surface area (Å²) in [7, 11) is 0. The highest BCUT2D eigenvalue weighted by Gasteiger charge is 2.17. The maximum absolute atomic E-state index is 13.7. The van der Waals surface area contributed by atoms with E-state index in [2.05, 4.69) is 16.0 Å². The summed E-state index contributed by atoms with van der Waals surface area (Å²) in [5.41, 5.74) is 0.581. The zero-order valence-corrected chi connectivity index (χ0v) is 17.3. The highest BCUT2D eigenvalue weighted by atomic mass is 19.1. The Labute approximate surface area is 175 Å². The lowest BCUT2D eigenvalue weighted by Gasteiger charge is -2.19. The molecule has 0 bridgehead atoms. The van der Waals surface area contributed by atoms with Crippen LogP contribution in [0.15, 0.2) is 48.5 Å². The van der Waals surface area contributed by atoms with Crippen LogP contribution in [-0.4, -0.2) is 30.1 Å². The van der Waals surface area contributed by atoms with Crippen molar-refractivity contribution in [1.82, 2.24) is 5.32 Å². The summed E-state index contributed by atoms with van der Waals surface area (Å²) in [5, 5.41) is 7.71. The van der Waals surface area contributed by atoms with Gasteiger partial charge in [0.05, 0.1) is 11.4 Å². The van der Waals surface area contributed by atoms with Crippen molar-refractivity contribution in [2.45, 2.75) is 39.2 Å². The summed E-state index contributed by atoms with van der Waals surface area (Å²) >= 11 is 0. The van der Waals surface area contributed by atoms with Gasteiger partial charge in [0.25, 0.3) is 0 Å². The van der Waals surface area contributed by atoms with E-state index in [1.807, 2.05) is 0 Å². The second kappa shape index (κ2) is 10.4. The smallest absolute Gasteiger partial charge is 0.408 e. The summed E-state index contributed by atoms with van der Waals surface area (Å²) in [4.78, 5) is 36.0. The third kappa shape index (κ3) is 7.90. The van der Waals surface area contributed by atoms with Gasteiger partial charge in [0.2, 0.25) is 11.8 Å². The van der Waals surface area contributed by atoms with Gasteiger partial charge in [0.15, 0.2) is 0 Å². The van der Waals surface area contributed by atoms with Crippen LogP contribution in [0, 0.1) is 5.82 Å². The number of aryl methyl sites for hydroxylation is 1. The Hall–Kier alpha value is -3.42. The number of amides is 3. The Kier molecular flexibility index (Phi) is 7.91. The molecule has 8 heteroatoms.